The summed E-state index contributed by atoms with van der Waals surface area (Å²) in [6, 6.07) is 8.34. The molecule has 1 aromatic carbocycles. The number of sulfonamides is 1. The Hall–Kier alpha value is -2.30. The number of aromatic nitrogens is 2. The van der Waals surface area contributed by atoms with Crippen molar-refractivity contribution in [2.75, 3.05) is 18.4 Å². The summed E-state index contributed by atoms with van der Waals surface area (Å²) in [5, 5.41) is 18.3. The topological polar surface area (TPSA) is 103 Å². The standard InChI is InChI=1S/C18H24N6O2S2/c1-13-12-14(2)24(22-13)17(19)21-18(27)20-15-6-8-16(9-7-15)28(25,26)23-10-4-3-5-11-23/h6-9,12H,3-5,10-11H2,1-2H3,(H3,19,20,21,27). The second kappa shape index (κ2) is 8.38. The van der Waals surface area contributed by atoms with Crippen molar-refractivity contribution in [2.24, 2.45) is 0 Å². The Kier molecular flexibility index (Phi) is 6.11. The highest BCUT2D eigenvalue weighted by molar-refractivity contribution is 7.89. The zero-order valence-electron chi connectivity index (χ0n) is 15.9. The zero-order valence-corrected chi connectivity index (χ0v) is 17.5. The molecular formula is C18H24N6O2S2. The van der Waals surface area contributed by atoms with Gasteiger partial charge in [0.15, 0.2) is 5.11 Å². The minimum Gasteiger partial charge on any atom is -0.332 e. The summed E-state index contributed by atoms with van der Waals surface area (Å²) in [4.78, 5) is 0.272. The maximum atomic E-state index is 12.7. The normalized spacial score (nSPS) is 15.2. The highest BCUT2D eigenvalue weighted by Crippen LogP contribution is 2.22. The van der Waals surface area contributed by atoms with Gasteiger partial charge in [0.05, 0.1) is 10.6 Å². The minimum absolute atomic E-state index is 0.0346. The van der Waals surface area contributed by atoms with Gasteiger partial charge in [0.25, 0.3) is 0 Å². The van der Waals surface area contributed by atoms with Crippen LogP contribution in [-0.4, -0.2) is 46.7 Å². The fourth-order valence-electron chi connectivity index (χ4n) is 3.14. The maximum absolute atomic E-state index is 12.7. The third-order valence-corrected chi connectivity index (χ3v) is 6.64. The van der Waals surface area contributed by atoms with E-state index in [0.717, 1.165) is 30.7 Å². The molecule has 1 aliphatic rings. The van der Waals surface area contributed by atoms with Crippen molar-refractivity contribution in [3.05, 3.63) is 41.7 Å². The van der Waals surface area contributed by atoms with Crippen molar-refractivity contribution in [3.63, 3.8) is 0 Å². The van der Waals surface area contributed by atoms with Crippen molar-refractivity contribution in [2.45, 2.75) is 38.0 Å². The highest BCUT2D eigenvalue weighted by atomic mass is 32.2. The summed E-state index contributed by atoms with van der Waals surface area (Å²) >= 11 is 5.24. The molecule has 1 fully saturated rings. The molecule has 1 aliphatic heterocycles. The number of hydrogen-bond acceptors (Lipinski definition) is 5. The molecule has 0 saturated carbocycles. The van der Waals surface area contributed by atoms with Crippen LogP contribution in [0.4, 0.5) is 5.69 Å². The van der Waals surface area contributed by atoms with E-state index < -0.39 is 10.0 Å². The van der Waals surface area contributed by atoms with Crippen LogP contribution in [0, 0.1) is 19.3 Å². The number of nitrogens with one attached hydrogen (secondary N) is 3. The summed E-state index contributed by atoms with van der Waals surface area (Å²) in [7, 11) is -3.45. The summed E-state index contributed by atoms with van der Waals surface area (Å²) in [5.41, 5.74) is 2.27. The molecule has 3 rings (SSSR count). The summed E-state index contributed by atoms with van der Waals surface area (Å²) in [6.45, 7) is 4.86. The van der Waals surface area contributed by atoms with Gasteiger partial charge < -0.3 is 10.6 Å². The van der Waals surface area contributed by atoms with E-state index in [1.165, 1.54) is 4.68 Å². The van der Waals surface area contributed by atoms with Gasteiger partial charge in [-0.25, -0.2) is 13.1 Å². The quantitative estimate of drug-likeness (QED) is 0.400. The SMILES string of the molecule is Cc1cc(C)n(C(=N)NC(=S)Nc2ccc(S(=O)(=O)N3CCCCC3)cc2)n1. The molecule has 3 N–H and O–H groups in total. The molecular weight excluding hydrogens is 396 g/mol. The molecule has 2 aromatic rings. The average Bonchev–Trinajstić information content (AvgIpc) is 3.01. The van der Waals surface area contributed by atoms with E-state index in [0.29, 0.717) is 18.8 Å². The Morgan fingerprint density at radius 3 is 2.36 bits per heavy atom. The molecule has 0 bridgehead atoms. The Morgan fingerprint density at radius 1 is 1.14 bits per heavy atom. The number of thiocarbonyl (C=S) groups is 1. The van der Waals surface area contributed by atoms with E-state index in [4.69, 9.17) is 17.6 Å². The number of aryl methyl sites for hydroxylation is 2. The van der Waals surface area contributed by atoms with Crippen LogP contribution in [0.25, 0.3) is 0 Å². The first kappa shape index (κ1) is 20.4. The lowest BCUT2D eigenvalue weighted by Gasteiger charge is -2.25. The van der Waals surface area contributed by atoms with E-state index in [1.54, 1.807) is 28.6 Å². The van der Waals surface area contributed by atoms with Gasteiger partial charge in [-0.05, 0) is 69.2 Å². The highest BCUT2D eigenvalue weighted by Gasteiger charge is 2.25. The first-order chi connectivity index (χ1) is 13.3. The van der Waals surface area contributed by atoms with Gasteiger partial charge in [-0.1, -0.05) is 6.42 Å². The van der Waals surface area contributed by atoms with E-state index in [-0.39, 0.29) is 16.0 Å². The van der Waals surface area contributed by atoms with Crippen molar-refractivity contribution in [3.8, 4) is 0 Å². The number of nitrogens with zero attached hydrogens (tertiary/aromatic N) is 3. The van der Waals surface area contributed by atoms with E-state index in [9.17, 15) is 8.42 Å². The van der Waals surface area contributed by atoms with Crippen molar-refractivity contribution in [1.82, 2.24) is 19.4 Å². The zero-order chi connectivity index (χ0) is 20.3. The number of anilines is 1. The van der Waals surface area contributed by atoms with E-state index in [2.05, 4.69) is 15.7 Å². The number of piperidine rings is 1. The van der Waals surface area contributed by atoms with Crippen LogP contribution in [0.1, 0.15) is 30.7 Å². The first-order valence-electron chi connectivity index (χ1n) is 9.08. The first-order valence-corrected chi connectivity index (χ1v) is 10.9. The van der Waals surface area contributed by atoms with Gasteiger partial charge in [0.1, 0.15) is 0 Å². The van der Waals surface area contributed by atoms with Crippen LogP contribution in [0.2, 0.25) is 0 Å². The van der Waals surface area contributed by atoms with Crippen molar-refractivity contribution < 1.29 is 8.42 Å². The third kappa shape index (κ3) is 4.57. The molecule has 0 atom stereocenters. The fraction of sp³-hybridized carbons (Fsp3) is 0.389. The molecule has 8 nitrogen and oxygen atoms in total. The fourth-order valence-corrected chi connectivity index (χ4v) is 4.87. The average molecular weight is 421 g/mol. The van der Waals surface area contributed by atoms with Crippen LogP contribution in [0.3, 0.4) is 0 Å². The molecule has 0 amide bonds. The van der Waals surface area contributed by atoms with Gasteiger partial charge in [-0.2, -0.15) is 9.40 Å². The number of hydrogen-bond donors (Lipinski definition) is 3. The maximum Gasteiger partial charge on any atom is 0.243 e. The van der Waals surface area contributed by atoms with Gasteiger partial charge in [0.2, 0.25) is 16.0 Å². The van der Waals surface area contributed by atoms with Crippen LogP contribution >= 0.6 is 12.2 Å². The molecule has 2 heterocycles. The molecule has 0 aliphatic carbocycles. The van der Waals surface area contributed by atoms with E-state index >= 15 is 0 Å². The Bertz CT molecular complexity index is 976. The number of benzene rings is 1. The predicted molar refractivity (Wildman–Crippen MR) is 113 cm³/mol. The largest absolute Gasteiger partial charge is 0.332 e. The van der Waals surface area contributed by atoms with Gasteiger partial charge in [-0.3, -0.25) is 5.41 Å². The molecule has 150 valence electrons. The lowest BCUT2D eigenvalue weighted by atomic mass is 10.2. The summed E-state index contributed by atoms with van der Waals surface area (Å²) < 4.78 is 28.4. The molecule has 0 radical (unpaired) electrons. The second-order valence-electron chi connectivity index (χ2n) is 6.76. The molecule has 28 heavy (non-hydrogen) atoms. The van der Waals surface area contributed by atoms with Crippen LogP contribution < -0.4 is 10.6 Å². The second-order valence-corrected chi connectivity index (χ2v) is 9.10. The molecule has 10 heteroatoms. The summed E-state index contributed by atoms with van der Waals surface area (Å²) in [6.07, 6.45) is 2.88. The minimum atomic E-state index is -3.45. The van der Waals surface area contributed by atoms with Crippen LogP contribution in [0.15, 0.2) is 35.2 Å². The van der Waals surface area contributed by atoms with E-state index in [1.807, 2.05) is 19.9 Å². The van der Waals surface area contributed by atoms with Gasteiger partial charge in [-0.15, -0.1) is 0 Å². The number of rotatable bonds is 3. The lowest BCUT2D eigenvalue weighted by Crippen LogP contribution is -2.38. The van der Waals surface area contributed by atoms with Crippen molar-refractivity contribution >= 4 is 39.0 Å². The Morgan fingerprint density at radius 2 is 1.79 bits per heavy atom. The van der Waals surface area contributed by atoms with Gasteiger partial charge in [0, 0.05) is 24.5 Å². The Labute approximate surface area is 170 Å². The lowest BCUT2D eigenvalue weighted by molar-refractivity contribution is 0.346. The molecule has 1 saturated heterocycles. The monoisotopic (exact) mass is 420 g/mol. The van der Waals surface area contributed by atoms with Crippen LogP contribution in [-0.2, 0) is 10.0 Å². The smallest absolute Gasteiger partial charge is 0.243 e. The Balaban J connectivity index is 1.63. The molecule has 1 aromatic heterocycles. The molecule has 0 spiro atoms. The van der Waals surface area contributed by atoms with Gasteiger partial charge >= 0.3 is 0 Å². The van der Waals surface area contributed by atoms with Crippen molar-refractivity contribution in [1.29, 1.82) is 5.41 Å². The molecule has 0 unspecified atom stereocenters. The van der Waals surface area contributed by atoms with Crippen LogP contribution in [0.5, 0.6) is 0 Å². The predicted octanol–water partition coefficient (Wildman–Crippen LogP) is 2.44. The third-order valence-electron chi connectivity index (χ3n) is 4.52. The summed E-state index contributed by atoms with van der Waals surface area (Å²) in [5.74, 6) is 0.0346.